The van der Waals surface area contributed by atoms with Crippen molar-refractivity contribution in [3.05, 3.63) is 47.8 Å². The van der Waals surface area contributed by atoms with Crippen LogP contribution in [0, 0.1) is 0 Å². The summed E-state index contributed by atoms with van der Waals surface area (Å²) < 4.78 is 60.6. The summed E-state index contributed by atoms with van der Waals surface area (Å²) in [6, 6.07) is 8.08. The zero-order valence-electron chi connectivity index (χ0n) is 19.1. The molecule has 1 fully saturated rings. The van der Waals surface area contributed by atoms with Crippen LogP contribution in [0.5, 0.6) is 0 Å². The molecular weight excluding hydrogens is 472 g/mol. The topological polar surface area (TPSA) is 93.5 Å². The van der Waals surface area contributed by atoms with E-state index in [2.05, 4.69) is 10.4 Å². The lowest BCUT2D eigenvalue weighted by Gasteiger charge is -2.34. The first-order chi connectivity index (χ1) is 16.5. The molecule has 190 valence electrons. The number of nitrogens with zero attached hydrogens (tertiary/aromatic N) is 3. The highest BCUT2D eigenvalue weighted by Gasteiger charge is 2.44. The second-order valence-electron chi connectivity index (χ2n) is 8.10. The van der Waals surface area contributed by atoms with Gasteiger partial charge < -0.3 is 15.0 Å². The van der Waals surface area contributed by atoms with Gasteiger partial charge in [0.25, 0.3) is 5.91 Å². The number of amides is 2. The summed E-state index contributed by atoms with van der Waals surface area (Å²) in [4.78, 5) is 38.0. The van der Waals surface area contributed by atoms with Gasteiger partial charge in [0.1, 0.15) is 0 Å². The Morgan fingerprint density at radius 1 is 1.14 bits per heavy atom. The Hall–Kier alpha value is -3.44. The van der Waals surface area contributed by atoms with E-state index in [1.165, 1.54) is 4.90 Å². The molecule has 0 atom stereocenters. The van der Waals surface area contributed by atoms with Gasteiger partial charge in [0.15, 0.2) is 5.69 Å². The minimum absolute atomic E-state index is 0.00831. The van der Waals surface area contributed by atoms with Crippen molar-refractivity contribution >= 4 is 17.8 Å². The largest absolute Gasteiger partial charge is 0.464 e. The van der Waals surface area contributed by atoms with Gasteiger partial charge in [-0.05, 0) is 25.5 Å². The van der Waals surface area contributed by atoms with Crippen molar-refractivity contribution < 1.29 is 36.7 Å². The number of halogens is 4. The monoisotopic (exact) mass is 498 g/mol. The third-order valence-electron chi connectivity index (χ3n) is 5.65. The Morgan fingerprint density at radius 2 is 1.80 bits per heavy atom. The van der Waals surface area contributed by atoms with Gasteiger partial charge in [0.05, 0.1) is 17.9 Å². The Kier molecular flexibility index (Phi) is 8.13. The van der Waals surface area contributed by atoms with Crippen LogP contribution in [0.25, 0.3) is 5.69 Å². The van der Waals surface area contributed by atoms with Crippen molar-refractivity contribution in [2.75, 3.05) is 26.2 Å². The molecule has 1 saturated heterocycles. The number of hydrogen-bond donors (Lipinski definition) is 1. The van der Waals surface area contributed by atoms with Crippen LogP contribution < -0.4 is 5.32 Å². The van der Waals surface area contributed by atoms with E-state index in [0.717, 1.165) is 10.9 Å². The molecule has 0 aliphatic carbocycles. The average Bonchev–Trinajstić information content (AvgIpc) is 3.29. The van der Waals surface area contributed by atoms with E-state index in [1.54, 1.807) is 37.3 Å². The van der Waals surface area contributed by atoms with Crippen LogP contribution in [0.1, 0.15) is 48.7 Å². The van der Waals surface area contributed by atoms with Crippen molar-refractivity contribution in [3.63, 3.8) is 0 Å². The molecular formula is C23H26F4N4O4. The van der Waals surface area contributed by atoms with E-state index < -0.39 is 35.0 Å². The number of benzene rings is 1. The quantitative estimate of drug-likeness (QED) is 0.343. The zero-order valence-corrected chi connectivity index (χ0v) is 19.1. The molecule has 0 spiro atoms. The molecule has 2 aromatic rings. The van der Waals surface area contributed by atoms with E-state index in [-0.39, 0.29) is 57.8 Å². The lowest BCUT2D eigenvalue weighted by molar-refractivity contribution is -0.162. The van der Waals surface area contributed by atoms with Crippen LogP contribution in [0.3, 0.4) is 0 Å². The summed E-state index contributed by atoms with van der Waals surface area (Å²) in [6.45, 7) is 1.71. The molecule has 8 nitrogen and oxygen atoms in total. The summed E-state index contributed by atoms with van der Waals surface area (Å²) in [6.07, 6.45) is -3.96. The highest BCUT2D eigenvalue weighted by Crippen LogP contribution is 2.31. The second kappa shape index (κ2) is 10.9. The number of aromatic nitrogens is 2. The molecule has 1 N–H and O–H groups in total. The highest BCUT2D eigenvalue weighted by molar-refractivity contribution is 5.95. The first-order valence-electron chi connectivity index (χ1n) is 11.2. The number of ether oxygens (including phenoxy) is 1. The highest BCUT2D eigenvalue weighted by atomic mass is 19.4. The first-order valence-corrected chi connectivity index (χ1v) is 11.2. The Bertz CT molecular complexity index is 1050. The average molecular weight is 498 g/mol. The summed E-state index contributed by atoms with van der Waals surface area (Å²) in [5, 5.41) is 5.92. The fourth-order valence-electron chi connectivity index (χ4n) is 3.73. The number of hydrogen-bond acceptors (Lipinski definition) is 5. The SMILES string of the molecule is CCOC(=O)C1(F)CCN(C(=O)CCCNC(=O)c2cn(-c3ccccc3)nc2C(F)(F)F)CC1. The molecule has 3 rings (SSSR count). The lowest BCUT2D eigenvalue weighted by atomic mass is 9.93. The molecule has 1 aliphatic rings. The summed E-state index contributed by atoms with van der Waals surface area (Å²) >= 11 is 0. The molecule has 1 aromatic carbocycles. The molecule has 35 heavy (non-hydrogen) atoms. The number of piperidine rings is 1. The smallest absolute Gasteiger partial charge is 0.435 e. The van der Waals surface area contributed by atoms with Gasteiger partial charge in [-0.3, -0.25) is 9.59 Å². The van der Waals surface area contributed by atoms with E-state index in [4.69, 9.17) is 4.74 Å². The van der Waals surface area contributed by atoms with Gasteiger partial charge in [0, 0.05) is 45.1 Å². The summed E-state index contributed by atoms with van der Waals surface area (Å²) in [5.41, 5.74) is -3.67. The molecule has 2 amide bonds. The Balaban J connectivity index is 1.51. The van der Waals surface area contributed by atoms with Gasteiger partial charge in [-0.1, -0.05) is 18.2 Å². The normalized spacial score (nSPS) is 15.5. The molecule has 2 heterocycles. The fraction of sp³-hybridized carbons (Fsp3) is 0.478. The van der Waals surface area contributed by atoms with Crippen molar-refractivity contribution in [1.82, 2.24) is 20.0 Å². The van der Waals surface area contributed by atoms with Gasteiger partial charge in [0.2, 0.25) is 11.6 Å². The number of likely N-dealkylation sites (tertiary alicyclic amines) is 1. The van der Waals surface area contributed by atoms with Gasteiger partial charge in [-0.25, -0.2) is 13.9 Å². The van der Waals surface area contributed by atoms with Gasteiger partial charge in [-0.15, -0.1) is 0 Å². The molecule has 0 unspecified atom stereocenters. The van der Waals surface area contributed by atoms with E-state index in [0.29, 0.717) is 5.69 Å². The molecule has 0 saturated carbocycles. The zero-order chi connectivity index (χ0) is 25.6. The van der Waals surface area contributed by atoms with Crippen molar-refractivity contribution in [2.45, 2.75) is 44.5 Å². The number of esters is 1. The maximum absolute atomic E-state index is 14.6. The first kappa shape index (κ1) is 26.2. The maximum Gasteiger partial charge on any atom is 0.435 e. The molecule has 1 aromatic heterocycles. The predicted octanol–water partition coefficient (Wildman–Crippen LogP) is 3.29. The number of carbonyl (C=O) groups excluding carboxylic acids is 3. The van der Waals surface area contributed by atoms with Crippen LogP contribution >= 0.6 is 0 Å². The molecule has 12 heteroatoms. The maximum atomic E-state index is 14.6. The van der Waals surface area contributed by atoms with Gasteiger partial charge >= 0.3 is 12.1 Å². The van der Waals surface area contributed by atoms with Gasteiger partial charge in [-0.2, -0.15) is 18.3 Å². The minimum Gasteiger partial charge on any atom is -0.464 e. The number of carbonyl (C=O) groups is 3. The number of para-hydroxylation sites is 1. The standard InChI is InChI=1S/C23H26F4N4O4/c1-2-35-21(34)22(24)10-13-30(14-11-22)18(32)9-6-12-28-20(33)17-15-31(16-7-4-3-5-8-16)29-19(17)23(25,26)27/h3-5,7-8,15H,2,6,9-14H2,1H3,(H,28,33). The summed E-state index contributed by atoms with van der Waals surface area (Å²) in [7, 11) is 0. The van der Waals surface area contributed by atoms with E-state index in [9.17, 15) is 31.9 Å². The van der Waals surface area contributed by atoms with Crippen molar-refractivity contribution in [3.8, 4) is 5.69 Å². The lowest BCUT2D eigenvalue weighted by Crippen LogP contribution is -2.49. The summed E-state index contributed by atoms with van der Waals surface area (Å²) in [5.74, 6) is -2.18. The minimum atomic E-state index is -4.83. The fourth-order valence-corrected chi connectivity index (χ4v) is 3.73. The number of nitrogens with one attached hydrogen (secondary N) is 1. The second-order valence-corrected chi connectivity index (χ2v) is 8.10. The van der Waals surface area contributed by atoms with E-state index in [1.807, 2.05) is 0 Å². The predicted molar refractivity (Wildman–Crippen MR) is 116 cm³/mol. The van der Waals surface area contributed by atoms with Crippen LogP contribution in [0.2, 0.25) is 0 Å². The van der Waals surface area contributed by atoms with Crippen LogP contribution in [0.15, 0.2) is 36.5 Å². The number of alkyl halides is 4. The van der Waals surface area contributed by atoms with Crippen molar-refractivity contribution in [2.24, 2.45) is 0 Å². The molecule has 0 radical (unpaired) electrons. The third kappa shape index (κ3) is 6.37. The van der Waals surface area contributed by atoms with Crippen molar-refractivity contribution in [1.29, 1.82) is 0 Å². The Labute approximate surface area is 199 Å². The van der Waals surface area contributed by atoms with Crippen LogP contribution in [-0.4, -0.2) is 64.4 Å². The van der Waals surface area contributed by atoms with E-state index >= 15 is 0 Å². The molecule has 1 aliphatic heterocycles. The Morgan fingerprint density at radius 3 is 2.40 bits per heavy atom. The number of rotatable bonds is 8. The molecule has 0 bridgehead atoms. The van der Waals surface area contributed by atoms with Crippen LogP contribution in [-0.2, 0) is 20.5 Å². The third-order valence-corrected chi connectivity index (χ3v) is 5.65. The van der Waals surface area contributed by atoms with Crippen LogP contribution in [0.4, 0.5) is 17.6 Å².